The number of fused-ring (bicyclic) bond motifs is 3. The number of nitrogens with zero attached hydrogens (tertiary/aromatic N) is 1. The largest absolute Gasteiger partial charge is 0.464 e. The molecule has 0 bridgehead atoms. The highest BCUT2D eigenvalue weighted by molar-refractivity contribution is 5.93. The minimum atomic E-state index is -0.819. The average molecular weight is 369 g/mol. The molecule has 1 aromatic carbocycles. The van der Waals surface area contributed by atoms with Gasteiger partial charge in [-0.3, -0.25) is 0 Å². The Morgan fingerprint density at radius 2 is 2.07 bits per heavy atom. The number of piperidine rings is 1. The van der Waals surface area contributed by atoms with Crippen LogP contribution in [-0.4, -0.2) is 28.9 Å². The fourth-order valence-electron chi connectivity index (χ4n) is 5.74. The molecule has 1 aliphatic heterocycles. The van der Waals surface area contributed by atoms with Gasteiger partial charge in [0.1, 0.15) is 0 Å². The average Bonchev–Trinajstić information content (AvgIpc) is 3.04. The third-order valence-corrected chi connectivity index (χ3v) is 6.90. The highest BCUT2D eigenvalue weighted by atomic mass is 16.4. The zero-order valence-electron chi connectivity index (χ0n) is 16.5. The highest BCUT2D eigenvalue weighted by Crippen LogP contribution is 2.49. The van der Waals surface area contributed by atoms with E-state index in [9.17, 15) is 9.90 Å². The minimum Gasteiger partial charge on any atom is -0.464 e. The maximum atomic E-state index is 12.4. The molecule has 2 aliphatic rings. The van der Waals surface area contributed by atoms with Crippen LogP contribution in [0.25, 0.3) is 10.9 Å². The van der Waals surface area contributed by atoms with Gasteiger partial charge in [-0.15, -0.1) is 0 Å². The molecule has 1 atom stereocenters. The van der Waals surface area contributed by atoms with E-state index < -0.39 is 6.09 Å². The Hall–Kier alpha value is -1.81. The van der Waals surface area contributed by atoms with E-state index in [1.165, 1.54) is 31.2 Å². The van der Waals surface area contributed by atoms with Crippen molar-refractivity contribution in [2.45, 2.75) is 70.1 Å². The van der Waals surface area contributed by atoms with Gasteiger partial charge >= 0.3 is 6.09 Å². The first kappa shape index (κ1) is 18.5. The number of rotatable bonds is 5. The van der Waals surface area contributed by atoms with Crippen LogP contribution in [0, 0.1) is 5.92 Å². The molecule has 0 radical (unpaired) electrons. The number of hydrogen-bond acceptors (Lipinski definition) is 2. The lowest BCUT2D eigenvalue weighted by atomic mass is 9.64. The smallest absolute Gasteiger partial charge is 0.416 e. The van der Waals surface area contributed by atoms with Gasteiger partial charge in [-0.1, -0.05) is 38.0 Å². The Kier molecular flexibility index (Phi) is 5.27. The monoisotopic (exact) mass is 368 g/mol. The molecule has 1 fully saturated rings. The Morgan fingerprint density at radius 3 is 2.81 bits per heavy atom. The van der Waals surface area contributed by atoms with Crippen molar-refractivity contribution in [1.29, 1.82) is 0 Å². The molecule has 27 heavy (non-hydrogen) atoms. The predicted molar refractivity (Wildman–Crippen MR) is 110 cm³/mol. The molecule has 2 heterocycles. The molecule has 2 N–H and O–H groups in total. The second kappa shape index (κ2) is 7.67. The normalized spacial score (nSPS) is 23.4. The van der Waals surface area contributed by atoms with Crippen molar-refractivity contribution >= 4 is 17.0 Å². The molecule has 4 nitrogen and oxygen atoms in total. The van der Waals surface area contributed by atoms with Crippen LogP contribution in [0.3, 0.4) is 0 Å². The number of carboxylic acid groups (broad SMARTS) is 1. The van der Waals surface area contributed by atoms with Crippen LogP contribution in [0.2, 0.25) is 0 Å². The van der Waals surface area contributed by atoms with Gasteiger partial charge in [0.15, 0.2) is 0 Å². The Bertz CT molecular complexity index is 819. The second-order valence-electron chi connectivity index (χ2n) is 8.60. The molecule has 1 saturated heterocycles. The number of benzene rings is 1. The molecule has 0 spiro atoms. The van der Waals surface area contributed by atoms with Crippen molar-refractivity contribution in [3.05, 3.63) is 35.5 Å². The van der Waals surface area contributed by atoms with E-state index in [0.717, 1.165) is 61.8 Å². The van der Waals surface area contributed by atoms with Crippen molar-refractivity contribution in [1.82, 2.24) is 9.88 Å². The summed E-state index contributed by atoms with van der Waals surface area (Å²) in [4.78, 5) is 12.4. The lowest BCUT2D eigenvalue weighted by Crippen LogP contribution is -2.39. The van der Waals surface area contributed by atoms with Gasteiger partial charge in [-0.05, 0) is 75.6 Å². The third-order valence-electron chi connectivity index (χ3n) is 6.90. The van der Waals surface area contributed by atoms with E-state index in [0.29, 0.717) is 5.92 Å². The molecule has 1 aliphatic carbocycles. The molecule has 146 valence electrons. The zero-order valence-corrected chi connectivity index (χ0v) is 16.5. The van der Waals surface area contributed by atoms with Gasteiger partial charge in [0.2, 0.25) is 0 Å². The fourth-order valence-corrected chi connectivity index (χ4v) is 5.74. The van der Waals surface area contributed by atoms with Crippen LogP contribution < -0.4 is 5.32 Å². The number of unbranched alkanes of at least 4 members (excludes halogenated alkanes) is 1. The maximum absolute atomic E-state index is 12.4. The van der Waals surface area contributed by atoms with E-state index in [2.05, 4.69) is 18.3 Å². The van der Waals surface area contributed by atoms with Crippen molar-refractivity contribution in [2.75, 3.05) is 13.1 Å². The van der Waals surface area contributed by atoms with E-state index in [-0.39, 0.29) is 5.41 Å². The summed E-state index contributed by atoms with van der Waals surface area (Å²) < 4.78 is 1.65. The van der Waals surface area contributed by atoms with E-state index in [1.54, 1.807) is 4.57 Å². The first-order chi connectivity index (χ1) is 13.2. The minimum absolute atomic E-state index is 0.0169. The van der Waals surface area contributed by atoms with E-state index in [4.69, 9.17) is 0 Å². The lowest BCUT2D eigenvalue weighted by Gasteiger charge is -2.42. The summed E-state index contributed by atoms with van der Waals surface area (Å²) >= 11 is 0. The topological polar surface area (TPSA) is 54.3 Å². The van der Waals surface area contributed by atoms with Crippen molar-refractivity contribution in [3.63, 3.8) is 0 Å². The summed E-state index contributed by atoms with van der Waals surface area (Å²) in [6.45, 7) is 4.45. The van der Waals surface area contributed by atoms with E-state index in [1.807, 2.05) is 18.2 Å². The van der Waals surface area contributed by atoms with Gasteiger partial charge in [-0.25, -0.2) is 9.36 Å². The predicted octanol–water partition coefficient (Wildman–Crippen LogP) is 5.32. The van der Waals surface area contributed by atoms with Crippen LogP contribution in [-0.2, 0) is 11.8 Å². The quantitative estimate of drug-likeness (QED) is 0.751. The van der Waals surface area contributed by atoms with Crippen LogP contribution in [0.15, 0.2) is 24.3 Å². The van der Waals surface area contributed by atoms with Crippen LogP contribution in [0.4, 0.5) is 4.79 Å². The molecule has 0 saturated carbocycles. The first-order valence-electron chi connectivity index (χ1n) is 10.7. The number of para-hydroxylation sites is 1. The Morgan fingerprint density at radius 1 is 1.30 bits per heavy atom. The number of hydrogen-bond donors (Lipinski definition) is 2. The van der Waals surface area contributed by atoms with Gasteiger partial charge in [0, 0.05) is 16.5 Å². The number of aryl methyl sites for hydroxylation is 1. The van der Waals surface area contributed by atoms with Crippen molar-refractivity contribution < 1.29 is 9.90 Å². The maximum Gasteiger partial charge on any atom is 0.416 e. The Labute approximate surface area is 162 Å². The van der Waals surface area contributed by atoms with Crippen LogP contribution >= 0.6 is 0 Å². The lowest BCUT2D eigenvalue weighted by molar-refractivity contribution is 0.185. The van der Waals surface area contributed by atoms with Crippen molar-refractivity contribution in [3.8, 4) is 0 Å². The first-order valence-corrected chi connectivity index (χ1v) is 10.7. The molecule has 4 rings (SSSR count). The second-order valence-corrected chi connectivity index (χ2v) is 8.60. The summed E-state index contributed by atoms with van der Waals surface area (Å²) in [7, 11) is 0. The number of carbonyl (C=O) groups is 1. The summed E-state index contributed by atoms with van der Waals surface area (Å²) in [5, 5.41) is 14.8. The van der Waals surface area contributed by atoms with Crippen molar-refractivity contribution in [2.24, 2.45) is 5.92 Å². The highest BCUT2D eigenvalue weighted by Gasteiger charge is 2.43. The Balaban J connectivity index is 1.87. The summed E-state index contributed by atoms with van der Waals surface area (Å²) in [5.74, 6) is 0.703. The third kappa shape index (κ3) is 3.29. The van der Waals surface area contributed by atoms with Crippen LogP contribution in [0.1, 0.15) is 69.5 Å². The summed E-state index contributed by atoms with van der Waals surface area (Å²) in [6, 6.07) is 8.11. The summed E-state index contributed by atoms with van der Waals surface area (Å²) in [5.41, 5.74) is 3.34. The van der Waals surface area contributed by atoms with Crippen LogP contribution in [0.5, 0.6) is 0 Å². The molecule has 1 aromatic heterocycles. The molecule has 4 heteroatoms. The summed E-state index contributed by atoms with van der Waals surface area (Å²) in [6.07, 6.45) is 9.53. The number of nitrogens with one attached hydrogen (secondary N) is 1. The standard InChI is InChI=1S/C23H32N2O2/c1-2-3-12-23(16-17-10-14-24-15-11-17)13-6-8-19-18-7-4-5-9-20(18)25(21(19)23)22(26)27/h4-5,7,9,17,24H,2-3,6,8,10-16H2,1H3,(H,26,27). The molecule has 2 aromatic rings. The van der Waals surface area contributed by atoms with Gasteiger partial charge in [0.25, 0.3) is 0 Å². The van der Waals surface area contributed by atoms with Gasteiger partial charge in [-0.2, -0.15) is 0 Å². The SMILES string of the molecule is CCCCC1(CC2CCNCC2)CCCc2c1n(C(=O)O)c1ccccc21. The number of aromatic nitrogens is 1. The van der Waals surface area contributed by atoms with Gasteiger partial charge in [0.05, 0.1) is 5.52 Å². The molecule has 0 amide bonds. The molecular weight excluding hydrogens is 336 g/mol. The van der Waals surface area contributed by atoms with Gasteiger partial charge < -0.3 is 10.4 Å². The molecule has 1 unspecified atom stereocenters. The fraction of sp³-hybridized carbons (Fsp3) is 0.609. The molecular formula is C23H32N2O2. The zero-order chi connectivity index (χ0) is 18.9. The van der Waals surface area contributed by atoms with E-state index >= 15 is 0 Å².